The Morgan fingerprint density at radius 3 is 2.72 bits per heavy atom. The lowest BCUT2D eigenvalue weighted by atomic mass is 9.62. The van der Waals surface area contributed by atoms with Crippen molar-refractivity contribution in [1.82, 2.24) is 4.90 Å². The third kappa shape index (κ3) is 1.45. The Hall–Kier alpha value is -1.14. The molecule has 1 saturated carbocycles. The number of nitrogens with zero attached hydrogens (tertiary/aromatic N) is 2. The Balaban J connectivity index is 0.00000140. The molecule has 5 bridgehead atoms. The Labute approximate surface area is 148 Å². The summed E-state index contributed by atoms with van der Waals surface area (Å²) in [6.45, 7) is 2.19. The van der Waals surface area contributed by atoms with E-state index < -0.39 is 0 Å². The normalized spacial score (nSPS) is 53.6. The van der Waals surface area contributed by atoms with E-state index >= 15 is 0 Å². The minimum atomic E-state index is -0.319. The third-order valence-corrected chi connectivity index (χ3v) is 8.46. The fourth-order valence-electron chi connectivity index (χ4n) is 7.88. The molecule has 5 heteroatoms. The van der Waals surface area contributed by atoms with Gasteiger partial charge in [0.15, 0.2) is 0 Å². The fraction of sp³-hybridized carbons (Fsp3) is 0.700. The zero-order valence-electron chi connectivity index (χ0n) is 14.8. The van der Waals surface area contributed by atoms with Crippen molar-refractivity contribution in [3.63, 3.8) is 0 Å². The van der Waals surface area contributed by atoms with E-state index in [-0.39, 0.29) is 23.2 Å². The quantitative estimate of drug-likeness (QED) is 0.787. The second-order valence-corrected chi connectivity index (χ2v) is 8.81. The summed E-state index contributed by atoms with van der Waals surface area (Å²) in [5.41, 5.74) is 2.51. The molecule has 0 amide bonds. The molecule has 25 heavy (non-hydrogen) atoms. The van der Waals surface area contributed by atoms with Gasteiger partial charge in [-0.1, -0.05) is 25.1 Å². The highest BCUT2D eigenvalue weighted by atomic mass is 16.3. The zero-order valence-corrected chi connectivity index (χ0v) is 14.8. The second kappa shape index (κ2) is 4.77. The Kier molecular flexibility index (Phi) is 3.06. The lowest BCUT2D eigenvalue weighted by Crippen LogP contribution is -2.72. The Morgan fingerprint density at radius 2 is 1.96 bits per heavy atom. The molecule has 4 N–H and O–H groups in total. The minimum Gasteiger partial charge on any atom is -0.412 e. The molecular weight excluding hydrogens is 316 g/mol. The van der Waals surface area contributed by atoms with Crippen molar-refractivity contribution in [3.8, 4) is 0 Å². The van der Waals surface area contributed by atoms with Crippen LogP contribution in [-0.4, -0.2) is 58.1 Å². The molecule has 5 aliphatic heterocycles. The van der Waals surface area contributed by atoms with E-state index in [2.05, 4.69) is 48.0 Å². The molecule has 10 atom stereocenters. The van der Waals surface area contributed by atoms with E-state index in [1.807, 2.05) is 0 Å². The molecule has 136 valence electrons. The molecule has 1 aromatic rings. The third-order valence-electron chi connectivity index (χ3n) is 8.46. The van der Waals surface area contributed by atoms with E-state index in [4.69, 9.17) is 0 Å². The van der Waals surface area contributed by atoms with Gasteiger partial charge in [-0.2, -0.15) is 0 Å². The number of hydrogen-bond donors (Lipinski definition) is 2. The number of rotatable bonds is 1. The first kappa shape index (κ1) is 16.1. The van der Waals surface area contributed by atoms with Crippen LogP contribution in [-0.2, 0) is 5.41 Å². The van der Waals surface area contributed by atoms with Crippen LogP contribution in [0.2, 0.25) is 0 Å². The number of piperidine rings is 4. The number of hydrogen-bond acceptors (Lipinski definition) is 4. The topological polar surface area (TPSA) is 78.4 Å². The number of aliphatic hydroxyl groups is 2. The van der Waals surface area contributed by atoms with Gasteiger partial charge in [0.2, 0.25) is 0 Å². The number of anilines is 1. The van der Waals surface area contributed by atoms with E-state index in [9.17, 15) is 10.2 Å². The first-order chi connectivity index (χ1) is 11.6. The lowest BCUT2D eigenvalue weighted by Gasteiger charge is -2.62. The summed E-state index contributed by atoms with van der Waals surface area (Å²) in [5.74, 6) is 1.14. The molecule has 1 aromatic carbocycles. The molecule has 0 radical (unpaired) electrons. The van der Waals surface area contributed by atoms with Gasteiger partial charge in [0.1, 0.15) is 6.23 Å². The van der Waals surface area contributed by atoms with Crippen molar-refractivity contribution in [2.24, 2.45) is 17.8 Å². The van der Waals surface area contributed by atoms with Gasteiger partial charge in [-0.3, -0.25) is 4.90 Å². The molecular formula is C20H28N2O3. The summed E-state index contributed by atoms with van der Waals surface area (Å²) in [4.78, 5) is 4.83. The van der Waals surface area contributed by atoms with Crippen LogP contribution >= 0.6 is 0 Å². The van der Waals surface area contributed by atoms with Crippen molar-refractivity contribution >= 4 is 5.69 Å². The average Bonchev–Trinajstić information content (AvgIpc) is 2.97. The number of para-hydroxylation sites is 1. The molecule has 7 rings (SSSR count). The standard InChI is InChI=1S/C20H26N2O2.H2O/c1-3-10-11-8-14-17-20(12-6-4-5-7-13(12)21(17)2)9-15(16(11)18(20)23)22(14)19(10)24;/h4-7,10-11,14-19,23-24H,3,8-9H2,1-2H3;1H2/t10-,11+,14-,15-,16?,17-,18-,19+,20+;/m0./s1. The maximum absolute atomic E-state index is 11.6. The van der Waals surface area contributed by atoms with Gasteiger partial charge >= 0.3 is 0 Å². The van der Waals surface area contributed by atoms with Gasteiger partial charge in [-0.05, 0) is 36.8 Å². The Bertz CT molecular complexity index is 727. The van der Waals surface area contributed by atoms with Crippen LogP contribution in [0.15, 0.2) is 24.3 Å². The predicted octanol–water partition coefficient (Wildman–Crippen LogP) is 0.730. The summed E-state index contributed by atoms with van der Waals surface area (Å²) in [6, 6.07) is 9.70. The van der Waals surface area contributed by atoms with Crippen LogP contribution in [0.4, 0.5) is 5.69 Å². The lowest BCUT2D eigenvalue weighted by molar-refractivity contribution is -0.211. The molecule has 6 aliphatic rings. The van der Waals surface area contributed by atoms with E-state index in [0.29, 0.717) is 35.9 Å². The van der Waals surface area contributed by atoms with Crippen molar-refractivity contribution in [1.29, 1.82) is 0 Å². The maximum Gasteiger partial charge on any atom is 0.111 e. The number of likely N-dealkylation sites (N-methyl/N-ethyl adjacent to an activating group) is 1. The molecule has 5 nitrogen and oxygen atoms in total. The number of fused-ring (bicyclic) bond motifs is 2. The van der Waals surface area contributed by atoms with Crippen molar-refractivity contribution in [3.05, 3.63) is 29.8 Å². The fourth-order valence-corrected chi connectivity index (χ4v) is 7.88. The summed E-state index contributed by atoms with van der Waals surface area (Å²) >= 11 is 0. The van der Waals surface area contributed by atoms with Crippen LogP contribution in [0.1, 0.15) is 31.7 Å². The van der Waals surface area contributed by atoms with Crippen molar-refractivity contribution in [2.75, 3.05) is 11.9 Å². The summed E-state index contributed by atoms with van der Waals surface area (Å²) in [7, 11) is 2.19. The first-order valence-corrected chi connectivity index (χ1v) is 9.57. The molecule has 0 aromatic heterocycles. The largest absolute Gasteiger partial charge is 0.412 e. The number of benzene rings is 1. The van der Waals surface area contributed by atoms with Gasteiger partial charge in [-0.25, -0.2) is 0 Å². The highest BCUT2D eigenvalue weighted by molar-refractivity contribution is 5.67. The summed E-state index contributed by atoms with van der Waals surface area (Å²) < 4.78 is 0. The van der Waals surface area contributed by atoms with E-state index in [1.54, 1.807) is 0 Å². The van der Waals surface area contributed by atoms with Crippen LogP contribution < -0.4 is 4.90 Å². The van der Waals surface area contributed by atoms with Gasteiger partial charge < -0.3 is 20.6 Å². The molecule has 1 spiro atoms. The van der Waals surface area contributed by atoms with Gasteiger partial charge in [0, 0.05) is 42.1 Å². The number of aliphatic hydroxyl groups excluding tert-OH is 2. The van der Waals surface area contributed by atoms with E-state index in [1.165, 1.54) is 11.3 Å². The molecule has 5 fully saturated rings. The van der Waals surface area contributed by atoms with Crippen LogP contribution in [0, 0.1) is 17.8 Å². The SMILES string of the molecule is CC[C@@H]1[C@@H](O)N2[C@H]3C[C@@]45c6ccccc6N(C)[C@H]4[C@@H]2C[C@H]1C3[C@@H]5O.O. The highest BCUT2D eigenvalue weighted by Crippen LogP contribution is 2.68. The van der Waals surface area contributed by atoms with Crippen LogP contribution in [0.5, 0.6) is 0 Å². The van der Waals surface area contributed by atoms with Gasteiger partial charge in [-0.15, -0.1) is 0 Å². The first-order valence-electron chi connectivity index (χ1n) is 9.57. The monoisotopic (exact) mass is 344 g/mol. The predicted molar refractivity (Wildman–Crippen MR) is 95.3 cm³/mol. The molecule has 1 aliphatic carbocycles. The summed E-state index contributed by atoms with van der Waals surface area (Å²) in [5, 5.41) is 22.6. The minimum absolute atomic E-state index is 0. The average molecular weight is 344 g/mol. The molecule has 5 heterocycles. The molecule has 2 unspecified atom stereocenters. The smallest absolute Gasteiger partial charge is 0.111 e. The van der Waals surface area contributed by atoms with Gasteiger partial charge in [0.25, 0.3) is 0 Å². The second-order valence-electron chi connectivity index (χ2n) is 8.81. The van der Waals surface area contributed by atoms with Crippen LogP contribution in [0.3, 0.4) is 0 Å². The summed E-state index contributed by atoms with van der Waals surface area (Å²) in [6.07, 6.45) is 2.56. The van der Waals surface area contributed by atoms with Crippen LogP contribution in [0.25, 0.3) is 0 Å². The highest BCUT2D eigenvalue weighted by Gasteiger charge is 2.76. The van der Waals surface area contributed by atoms with Crippen molar-refractivity contribution < 1.29 is 15.7 Å². The van der Waals surface area contributed by atoms with Crippen molar-refractivity contribution in [2.45, 2.75) is 62.1 Å². The zero-order chi connectivity index (χ0) is 16.4. The van der Waals surface area contributed by atoms with Gasteiger partial charge in [0.05, 0.1) is 12.1 Å². The Morgan fingerprint density at radius 1 is 1.20 bits per heavy atom. The maximum atomic E-state index is 11.6. The van der Waals surface area contributed by atoms with E-state index in [0.717, 1.165) is 19.3 Å². The molecule has 4 saturated heterocycles.